The highest BCUT2D eigenvalue weighted by atomic mass is 19.3. The molecule has 1 N–H and O–H groups in total. The van der Waals surface area contributed by atoms with Crippen molar-refractivity contribution in [2.75, 3.05) is 19.4 Å². The van der Waals surface area contributed by atoms with Crippen LogP contribution >= 0.6 is 0 Å². The van der Waals surface area contributed by atoms with E-state index in [1.54, 1.807) is 39.2 Å². The molecular formula is C15H16F2N4O2. The second kappa shape index (κ2) is 6.55. The molecule has 0 aliphatic rings. The highest BCUT2D eigenvalue weighted by molar-refractivity contribution is 6.04. The number of nitrogens with zero attached hydrogens (tertiary/aromatic N) is 3. The number of amides is 2. The molecule has 1 aromatic carbocycles. The predicted octanol–water partition coefficient (Wildman–Crippen LogP) is 2.54. The molecule has 0 radical (unpaired) electrons. The molecule has 6 nitrogen and oxygen atoms in total. The van der Waals surface area contributed by atoms with Crippen molar-refractivity contribution in [3.8, 4) is 0 Å². The minimum Gasteiger partial charge on any atom is -0.345 e. The quantitative estimate of drug-likeness (QED) is 0.940. The molecule has 0 unspecified atom stereocenters. The number of rotatable bonds is 4. The summed E-state index contributed by atoms with van der Waals surface area (Å²) in [7, 11) is 3.26. The van der Waals surface area contributed by atoms with Gasteiger partial charge in [0.05, 0.1) is 0 Å². The lowest BCUT2D eigenvalue weighted by molar-refractivity contribution is 0.0561. The topological polar surface area (TPSA) is 67.2 Å². The Morgan fingerprint density at radius 3 is 2.52 bits per heavy atom. The number of carbonyl (C=O) groups is 2. The molecule has 0 spiro atoms. The number of hydrogen-bond acceptors (Lipinski definition) is 3. The molecule has 0 bridgehead atoms. The van der Waals surface area contributed by atoms with Gasteiger partial charge in [0.2, 0.25) is 0 Å². The SMILES string of the molecule is Cc1c(NC(=O)c2ccn(C(F)F)n2)cccc1C(=O)N(C)C. The van der Waals surface area contributed by atoms with Crippen LogP contribution in [0, 0.1) is 6.92 Å². The molecule has 0 aliphatic heterocycles. The summed E-state index contributed by atoms with van der Waals surface area (Å²) in [6, 6.07) is 6.12. The Kier molecular flexibility index (Phi) is 4.73. The Morgan fingerprint density at radius 1 is 1.26 bits per heavy atom. The fraction of sp³-hybridized carbons (Fsp3) is 0.267. The third-order valence-electron chi connectivity index (χ3n) is 3.26. The third-order valence-corrected chi connectivity index (χ3v) is 3.26. The fourth-order valence-corrected chi connectivity index (χ4v) is 2.00. The molecule has 0 fully saturated rings. The highest BCUT2D eigenvalue weighted by Gasteiger charge is 2.17. The Labute approximate surface area is 131 Å². The maximum Gasteiger partial charge on any atom is 0.333 e. The van der Waals surface area contributed by atoms with Crippen molar-refractivity contribution < 1.29 is 18.4 Å². The first kappa shape index (κ1) is 16.6. The van der Waals surface area contributed by atoms with Gasteiger partial charge in [-0.3, -0.25) is 9.59 Å². The van der Waals surface area contributed by atoms with Crippen LogP contribution < -0.4 is 5.32 Å². The van der Waals surface area contributed by atoms with Crippen LogP contribution in [0.3, 0.4) is 0 Å². The molecule has 1 aromatic heterocycles. The Bertz CT molecular complexity index is 741. The van der Waals surface area contributed by atoms with Crippen molar-refractivity contribution in [2.45, 2.75) is 13.5 Å². The molecule has 0 atom stereocenters. The average molecular weight is 322 g/mol. The maximum absolute atomic E-state index is 12.5. The van der Waals surface area contributed by atoms with E-state index in [1.807, 2.05) is 0 Å². The minimum absolute atomic E-state index is 0.131. The van der Waals surface area contributed by atoms with Crippen LogP contribution in [-0.4, -0.2) is 40.6 Å². The van der Waals surface area contributed by atoms with Crippen molar-refractivity contribution in [2.24, 2.45) is 0 Å². The monoisotopic (exact) mass is 322 g/mol. The standard InChI is InChI=1S/C15H16F2N4O2/c1-9-10(14(23)20(2)3)5-4-6-11(9)18-13(22)12-7-8-21(19-12)15(16)17/h4-8,15H,1-3H3,(H,18,22). The van der Waals surface area contributed by atoms with Gasteiger partial charge in [-0.25, -0.2) is 4.68 Å². The van der Waals surface area contributed by atoms with Gasteiger partial charge in [0.1, 0.15) is 0 Å². The van der Waals surface area contributed by atoms with Gasteiger partial charge in [-0.15, -0.1) is 0 Å². The molecule has 2 aromatic rings. The van der Waals surface area contributed by atoms with Crippen LogP contribution in [-0.2, 0) is 0 Å². The number of anilines is 1. The number of alkyl halides is 2. The zero-order chi connectivity index (χ0) is 17.1. The summed E-state index contributed by atoms with van der Waals surface area (Å²) in [5, 5.41) is 6.08. The van der Waals surface area contributed by atoms with Gasteiger partial charge in [-0.1, -0.05) is 6.07 Å². The molecule has 122 valence electrons. The first-order valence-corrected chi connectivity index (χ1v) is 6.77. The largest absolute Gasteiger partial charge is 0.345 e. The van der Waals surface area contributed by atoms with E-state index in [2.05, 4.69) is 10.4 Å². The van der Waals surface area contributed by atoms with Gasteiger partial charge in [-0.2, -0.15) is 13.9 Å². The van der Waals surface area contributed by atoms with E-state index in [0.717, 1.165) is 6.20 Å². The average Bonchev–Trinajstić information content (AvgIpc) is 2.98. The summed E-state index contributed by atoms with van der Waals surface area (Å²) >= 11 is 0. The summed E-state index contributed by atoms with van der Waals surface area (Å²) in [4.78, 5) is 25.6. The smallest absolute Gasteiger partial charge is 0.333 e. The van der Waals surface area contributed by atoms with E-state index in [-0.39, 0.29) is 11.6 Å². The fourth-order valence-electron chi connectivity index (χ4n) is 2.00. The lowest BCUT2D eigenvalue weighted by Gasteiger charge is -2.15. The van der Waals surface area contributed by atoms with Crippen LogP contribution in [0.2, 0.25) is 0 Å². The molecule has 2 amide bonds. The van der Waals surface area contributed by atoms with E-state index in [1.165, 1.54) is 11.0 Å². The van der Waals surface area contributed by atoms with Gasteiger partial charge >= 0.3 is 6.55 Å². The zero-order valence-electron chi connectivity index (χ0n) is 12.9. The van der Waals surface area contributed by atoms with Crippen LogP contribution in [0.5, 0.6) is 0 Å². The summed E-state index contributed by atoms with van der Waals surface area (Å²) in [5.41, 5.74) is 1.34. The zero-order valence-corrected chi connectivity index (χ0v) is 12.9. The summed E-state index contributed by atoms with van der Waals surface area (Å²) < 4.78 is 25.4. The van der Waals surface area contributed by atoms with Crippen molar-refractivity contribution in [3.05, 3.63) is 47.3 Å². The minimum atomic E-state index is -2.81. The third kappa shape index (κ3) is 3.53. The predicted molar refractivity (Wildman–Crippen MR) is 80.6 cm³/mol. The molecule has 8 heteroatoms. The van der Waals surface area contributed by atoms with Crippen molar-refractivity contribution in [1.29, 1.82) is 0 Å². The first-order chi connectivity index (χ1) is 10.8. The van der Waals surface area contributed by atoms with Gasteiger partial charge < -0.3 is 10.2 Å². The molecule has 0 saturated heterocycles. The molecular weight excluding hydrogens is 306 g/mol. The van der Waals surface area contributed by atoms with Gasteiger partial charge in [0, 0.05) is 31.5 Å². The van der Waals surface area contributed by atoms with Gasteiger partial charge in [-0.05, 0) is 30.7 Å². The van der Waals surface area contributed by atoms with Crippen LogP contribution in [0.15, 0.2) is 30.5 Å². The Hall–Kier alpha value is -2.77. The second-order valence-corrected chi connectivity index (χ2v) is 5.09. The number of halogens is 2. The molecule has 1 heterocycles. The molecule has 2 rings (SSSR count). The number of aromatic nitrogens is 2. The van der Waals surface area contributed by atoms with E-state index in [4.69, 9.17) is 0 Å². The highest BCUT2D eigenvalue weighted by Crippen LogP contribution is 2.21. The number of benzene rings is 1. The number of nitrogens with one attached hydrogen (secondary N) is 1. The Morgan fingerprint density at radius 2 is 1.96 bits per heavy atom. The van der Waals surface area contributed by atoms with Crippen molar-refractivity contribution in [1.82, 2.24) is 14.7 Å². The Balaban J connectivity index is 2.24. The van der Waals surface area contributed by atoms with Gasteiger partial charge in [0.15, 0.2) is 5.69 Å². The lowest BCUT2D eigenvalue weighted by atomic mass is 10.1. The number of carbonyl (C=O) groups excluding carboxylic acids is 2. The van der Waals surface area contributed by atoms with Crippen LogP contribution in [0.4, 0.5) is 14.5 Å². The van der Waals surface area contributed by atoms with E-state index >= 15 is 0 Å². The molecule has 0 saturated carbocycles. The normalized spacial score (nSPS) is 10.7. The second-order valence-electron chi connectivity index (χ2n) is 5.09. The molecule has 0 aliphatic carbocycles. The van der Waals surface area contributed by atoms with Crippen molar-refractivity contribution in [3.63, 3.8) is 0 Å². The summed E-state index contributed by atoms with van der Waals surface area (Å²) in [6.07, 6.45) is 1.03. The molecule has 23 heavy (non-hydrogen) atoms. The van der Waals surface area contributed by atoms with Crippen LogP contribution in [0.25, 0.3) is 0 Å². The lowest BCUT2D eigenvalue weighted by Crippen LogP contribution is -2.23. The van der Waals surface area contributed by atoms with Crippen LogP contribution in [0.1, 0.15) is 33.0 Å². The van der Waals surface area contributed by atoms with Crippen molar-refractivity contribution >= 4 is 17.5 Å². The van der Waals surface area contributed by atoms with E-state index < -0.39 is 12.5 Å². The maximum atomic E-state index is 12.5. The van der Waals surface area contributed by atoms with Gasteiger partial charge in [0.25, 0.3) is 11.8 Å². The summed E-state index contributed by atoms with van der Waals surface area (Å²) in [5.74, 6) is -0.817. The summed E-state index contributed by atoms with van der Waals surface area (Å²) in [6.45, 7) is -1.11. The van der Waals surface area contributed by atoms with E-state index in [9.17, 15) is 18.4 Å². The number of hydrogen-bond donors (Lipinski definition) is 1. The first-order valence-electron chi connectivity index (χ1n) is 6.77. The van der Waals surface area contributed by atoms with E-state index in [0.29, 0.717) is 21.5 Å².